The lowest BCUT2D eigenvalue weighted by Crippen LogP contribution is -2.47. The van der Waals surface area contributed by atoms with E-state index in [0.717, 1.165) is 5.56 Å². The number of ether oxygens (including phenoxy) is 1. The van der Waals surface area contributed by atoms with E-state index >= 15 is 0 Å². The lowest BCUT2D eigenvalue weighted by molar-refractivity contribution is -0.143. The van der Waals surface area contributed by atoms with Gasteiger partial charge in [-0.25, -0.2) is 0 Å². The Bertz CT molecular complexity index is 698. The summed E-state index contributed by atoms with van der Waals surface area (Å²) in [6.07, 6.45) is 2.19. The third kappa shape index (κ3) is 4.22. The lowest BCUT2D eigenvalue weighted by atomic mass is 9.76. The molecule has 1 aromatic heterocycles. The normalized spacial score (nSPS) is 21.4. The first kappa shape index (κ1) is 20.8. The number of methoxy groups -OCH3 is 1. The Labute approximate surface area is 170 Å². The topological polar surface area (TPSA) is 79.0 Å². The first-order valence-electron chi connectivity index (χ1n) is 9.87. The second-order valence-corrected chi connectivity index (χ2v) is 8.34. The van der Waals surface area contributed by atoms with E-state index < -0.39 is 11.5 Å². The highest BCUT2D eigenvalue weighted by Crippen LogP contribution is 2.44. The molecule has 1 atom stereocenters. The molecule has 2 fully saturated rings. The summed E-state index contributed by atoms with van der Waals surface area (Å²) >= 11 is 1.59. The Balaban J connectivity index is 1.60. The fraction of sp³-hybridized carbons (Fsp3) is 0.650. The molecule has 154 valence electrons. The number of likely N-dealkylation sites (N-methyl/N-ethyl adjacent to an activating group) is 1. The predicted molar refractivity (Wildman–Crippen MR) is 107 cm³/mol. The minimum atomic E-state index is -0.515. The van der Waals surface area contributed by atoms with Gasteiger partial charge in [0, 0.05) is 33.3 Å². The first-order chi connectivity index (χ1) is 13.5. The minimum absolute atomic E-state index is 0.0619. The van der Waals surface area contributed by atoms with Gasteiger partial charge in [0.2, 0.25) is 17.7 Å². The van der Waals surface area contributed by atoms with E-state index in [1.807, 2.05) is 28.7 Å². The van der Waals surface area contributed by atoms with Crippen LogP contribution >= 0.6 is 11.3 Å². The standard InChI is InChI=1S/C20H29N3O4S/c1-3-23-16(18(25)21-7-10-27-2)13-20(19(23)26)5-8-22(9-6-20)17(24)12-15-4-11-28-14-15/h4,11,14,16H,3,5-10,12-13H2,1-2H3,(H,21,25). The van der Waals surface area contributed by atoms with Crippen molar-refractivity contribution in [3.05, 3.63) is 22.4 Å². The molecule has 7 nitrogen and oxygen atoms in total. The zero-order chi connectivity index (χ0) is 20.1. The van der Waals surface area contributed by atoms with Crippen LogP contribution in [0.3, 0.4) is 0 Å². The molecule has 3 rings (SSSR count). The molecule has 0 radical (unpaired) electrons. The molecule has 2 aliphatic heterocycles. The number of rotatable bonds is 7. The molecule has 1 unspecified atom stereocenters. The Hall–Kier alpha value is -1.93. The van der Waals surface area contributed by atoms with Crippen molar-refractivity contribution in [2.75, 3.05) is 39.9 Å². The third-order valence-electron chi connectivity index (χ3n) is 5.93. The van der Waals surface area contributed by atoms with Gasteiger partial charge >= 0.3 is 0 Å². The van der Waals surface area contributed by atoms with E-state index in [9.17, 15) is 14.4 Å². The van der Waals surface area contributed by atoms with Gasteiger partial charge in [0.05, 0.1) is 18.4 Å². The molecule has 28 heavy (non-hydrogen) atoms. The molecule has 1 aromatic rings. The van der Waals surface area contributed by atoms with Gasteiger partial charge in [-0.15, -0.1) is 0 Å². The predicted octanol–water partition coefficient (Wildman–Crippen LogP) is 1.28. The molecule has 2 saturated heterocycles. The van der Waals surface area contributed by atoms with Gasteiger partial charge in [0.25, 0.3) is 0 Å². The van der Waals surface area contributed by atoms with Gasteiger partial charge in [-0.05, 0) is 48.6 Å². The van der Waals surface area contributed by atoms with Crippen LogP contribution < -0.4 is 5.32 Å². The van der Waals surface area contributed by atoms with Crippen LogP contribution in [0.25, 0.3) is 0 Å². The van der Waals surface area contributed by atoms with Crippen LogP contribution in [0.15, 0.2) is 16.8 Å². The van der Waals surface area contributed by atoms with Gasteiger partial charge in [0.15, 0.2) is 0 Å². The second kappa shape index (κ2) is 9.05. The van der Waals surface area contributed by atoms with Crippen molar-refractivity contribution in [2.24, 2.45) is 5.41 Å². The van der Waals surface area contributed by atoms with E-state index in [1.54, 1.807) is 23.3 Å². The Morgan fingerprint density at radius 1 is 1.36 bits per heavy atom. The van der Waals surface area contributed by atoms with Gasteiger partial charge in [-0.2, -0.15) is 11.3 Å². The molecule has 0 aromatic carbocycles. The minimum Gasteiger partial charge on any atom is -0.383 e. The average molecular weight is 408 g/mol. The summed E-state index contributed by atoms with van der Waals surface area (Å²) in [5.41, 5.74) is 0.524. The molecule has 1 spiro atoms. The number of likely N-dealkylation sites (tertiary alicyclic amines) is 2. The molecule has 1 N–H and O–H groups in total. The van der Waals surface area contributed by atoms with Crippen molar-refractivity contribution in [1.82, 2.24) is 15.1 Å². The first-order valence-corrected chi connectivity index (χ1v) is 10.8. The molecule has 2 aliphatic rings. The summed E-state index contributed by atoms with van der Waals surface area (Å²) in [7, 11) is 1.59. The van der Waals surface area contributed by atoms with Crippen molar-refractivity contribution in [3.63, 3.8) is 0 Å². The second-order valence-electron chi connectivity index (χ2n) is 7.56. The van der Waals surface area contributed by atoms with Crippen molar-refractivity contribution in [1.29, 1.82) is 0 Å². The van der Waals surface area contributed by atoms with Crippen LogP contribution in [0.4, 0.5) is 0 Å². The molecule has 3 amide bonds. The molecule has 0 aliphatic carbocycles. The number of piperidine rings is 1. The maximum Gasteiger partial charge on any atom is 0.242 e. The number of thiophene rings is 1. The van der Waals surface area contributed by atoms with Crippen LogP contribution in [0, 0.1) is 5.41 Å². The Morgan fingerprint density at radius 2 is 2.11 bits per heavy atom. The molecule has 0 saturated carbocycles. The maximum atomic E-state index is 13.1. The monoisotopic (exact) mass is 407 g/mol. The summed E-state index contributed by atoms with van der Waals surface area (Å²) in [5.74, 6) is 0.0619. The SMILES string of the molecule is CCN1C(=O)C2(CCN(C(=O)Cc3ccsc3)CC2)CC1C(=O)NCCOC. The fourth-order valence-corrected chi connectivity index (χ4v) is 4.96. The summed E-state index contributed by atoms with van der Waals surface area (Å²) in [5, 5.41) is 6.83. The summed E-state index contributed by atoms with van der Waals surface area (Å²) < 4.78 is 4.98. The van der Waals surface area contributed by atoms with Crippen molar-refractivity contribution in [2.45, 2.75) is 38.6 Å². The van der Waals surface area contributed by atoms with Crippen LogP contribution in [-0.2, 0) is 25.5 Å². The Morgan fingerprint density at radius 3 is 2.71 bits per heavy atom. The van der Waals surface area contributed by atoms with E-state index in [0.29, 0.717) is 58.5 Å². The molecular formula is C20H29N3O4S. The number of nitrogens with one attached hydrogen (secondary N) is 1. The summed E-state index contributed by atoms with van der Waals surface area (Å²) in [6, 6.07) is 1.54. The van der Waals surface area contributed by atoms with Crippen molar-refractivity contribution in [3.8, 4) is 0 Å². The highest BCUT2D eigenvalue weighted by molar-refractivity contribution is 7.08. The highest BCUT2D eigenvalue weighted by atomic mass is 32.1. The summed E-state index contributed by atoms with van der Waals surface area (Å²) in [6.45, 7) is 4.46. The Kier molecular flexibility index (Phi) is 6.72. The number of amides is 3. The van der Waals surface area contributed by atoms with E-state index in [2.05, 4.69) is 5.32 Å². The van der Waals surface area contributed by atoms with Crippen molar-refractivity contribution < 1.29 is 19.1 Å². The quantitative estimate of drug-likeness (QED) is 0.691. The van der Waals surface area contributed by atoms with E-state index in [-0.39, 0.29) is 17.7 Å². The fourth-order valence-electron chi connectivity index (χ4n) is 4.29. The number of nitrogens with zero attached hydrogens (tertiary/aromatic N) is 2. The van der Waals surface area contributed by atoms with Crippen LogP contribution in [0.2, 0.25) is 0 Å². The van der Waals surface area contributed by atoms with E-state index in [4.69, 9.17) is 4.74 Å². The van der Waals surface area contributed by atoms with Crippen LogP contribution in [0.5, 0.6) is 0 Å². The summed E-state index contributed by atoms with van der Waals surface area (Å²) in [4.78, 5) is 41.8. The number of hydrogen-bond acceptors (Lipinski definition) is 5. The van der Waals surface area contributed by atoms with Gasteiger partial charge in [-0.1, -0.05) is 0 Å². The molecular weight excluding hydrogens is 378 g/mol. The van der Waals surface area contributed by atoms with Crippen LogP contribution in [-0.4, -0.2) is 73.5 Å². The zero-order valence-corrected chi connectivity index (χ0v) is 17.4. The molecule has 3 heterocycles. The lowest BCUT2D eigenvalue weighted by Gasteiger charge is -2.37. The highest BCUT2D eigenvalue weighted by Gasteiger charge is 2.54. The van der Waals surface area contributed by atoms with Crippen LogP contribution in [0.1, 0.15) is 31.7 Å². The molecule has 0 bridgehead atoms. The largest absolute Gasteiger partial charge is 0.383 e. The number of hydrogen-bond donors (Lipinski definition) is 1. The van der Waals surface area contributed by atoms with E-state index in [1.165, 1.54) is 0 Å². The average Bonchev–Trinajstić information content (AvgIpc) is 3.29. The van der Waals surface area contributed by atoms with Crippen molar-refractivity contribution >= 4 is 29.1 Å². The van der Waals surface area contributed by atoms with Gasteiger partial charge < -0.3 is 19.9 Å². The number of carbonyl (C=O) groups is 3. The maximum absolute atomic E-state index is 13.1. The van der Waals surface area contributed by atoms with Gasteiger partial charge in [-0.3, -0.25) is 14.4 Å². The number of carbonyl (C=O) groups excluding carboxylic acids is 3. The third-order valence-corrected chi connectivity index (χ3v) is 6.66. The zero-order valence-electron chi connectivity index (χ0n) is 16.6. The van der Waals surface area contributed by atoms with Gasteiger partial charge in [0.1, 0.15) is 6.04 Å². The molecule has 8 heteroatoms. The smallest absolute Gasteiger partial charge is 0.242 e.